The molecule has 0 fully saturated rings. The Hall–Kier alpha value is -3.00. The Labute approximate surface area is 174 Å². The number of aromatic nitrogens is 3. The van der Waals surface area contributed by atoms with Gasteiger partial charge < -0.3 is 19.7 Å². The van der Waals surface area contributed by atoms with E-state index in [1.165, 1.54) is 11.8 Å². The number of hydrogen-bond donors (Lipinski definition) is 2. The van der Waals surface area contributed by atoms with Crippen LogP contribution in [0.1, 0.15) is 31.3 Å². The number of benzene rings is 2. The maximum absolute atomic E-state index is 12.3. The molecule has 8 heteroatoms. The van der Waals surface area contributed by atoms with E-state index < -0.39 is 0 Å². The van der Waals surface area contributed by atoms with Gasteiger partial charge in [0.1, 0.15) is 11.5 Å². The SMILES string of the molecule is CCn1c(SCC(=O)Nc2cc(C)ccc2O)nnc1[C@H](C)Oc1ccccc1. The molecule has 0 spiro atoms. The van der Waals surface area contributed by atoms with Crippen LogP contribution in [0.25, 0.3) is 0 Å². The molecule has 0 radical (unpaired) electrons. The van der Waals surface area contributed by atoms with Gasteiger partial charge in [-0.3, -0.25) is 4.79 Å². The molecule has 1 atom stereocenters. The van der Waals surface area contributed by atoms with Crippen LogP contribution in [0.4, 0.5) is 5.69 Å². The quantitative estimate of drug-likeness (QED) is 0.426. The predicted molar refractivity (Wildman–Crippen MR) is 113 cm³/mol. The van der Waals surface area contributed by atoms with Crippen molar-refractivity contribution < 1.29 is 14.6 Å². The van der Waals surface area contributed by atoms with Crippen molar-refractivity contribution in [1.82, 2.24) is 14.8 Å². The number of rotatable bonds is 8. The highest BCUT2D eigenvalue weighted by Crippen LogP contribution is 2.26. The standard InChI is InChI=1S/C21H24N4O3S/c1-4-25-20(15(3)28-16-8-6-5-7-9-16)23-24-21(25)29-13-19(27)22-17-12-14(2)10-11-18(17)26/h5-12,15,26H,4,13H2,1-3H3,(H,22,27)/t15-/m0/s1. The molecular formula is C21H24N4O3S. The minimum absolute atomic E-state index is 0.0415. The van der Waals surface area contributed by atoms with Crippen LogP contribution in [-0.4, -0.2) is 31.5 Å². The highest BCUT2D eigenvalue weighted by atomic mass is 32.2. The van der Waals surface area contributed by atoms with Crippen molar-refractivity contribution in [1.29, 1.82) is 0 Å². The Kier molecular flexibility index (Phi) is 6.77. The second-order valence-electron chi connectivity index (χ2n) is 6.52. The Bertz CT molecular complexity index is 975. The van der Waals surface area contributed by atoms with Gasteiger partial charge in [0, 0.05) is 6.54 Å². The Morgan fingerprint density at radius 2 is 2.00 bits per heavy atom. The monoisotopic (exact) mass is 412 g/mol. The van der Waals surface area contributed by atoms with Gasteiger partial charge in [0.05, 0.1) is 11.4 Å². The summed E-state index contributed by atoms with van der Waals surface area (Å²) in [4.78, 5) is 12.3. The van der Waals surface area contributed by atoms with Crippen LogP contribution in [0.2, 0.25) is 0 Å². The molecule has 0 aliphatic heterocycles. The highest BCUT2D eigenvalue weighted by molar-refractivity contribution is 7.99. The molecule has 152 valence electrons. The Balaban J connectivity index is 1.64. The molecule has 0 saturated carbocycles. The number of aryl methyl sites for hydroxylation is 1. The van der Waals surface area contributed by atoms with Gasteiger partial charge in [-0.15, -0.1) is 10.2 Å². The van der Waals surface area contributed by atoms with E-state index in [0.29, 0.717) is 23.2 Å². The van der Waals surface area contributed by atoms with Crippen molar-refractivity contribution in [3.63, 3.8) is 0 Å². The zero-order chi connectivity index (χ0) is 20.8. The fraction of sp³-hybridized carbons (Fsp3) is 0.286. The van der Waals surface area contributed by atoms with Crippen molar-refractivity contribution in [2.24, 2.45) is 0 Å². The summed E-state index contributed by atoms with van der Waals surface area (Å²) in [5, 5.41) is 21.7. The lowest BCUT2D eigenvalue weighted by atomic mass is 10.2. The molecule has 1 aromatic heterocycles. The van der Waals surface area contributed by atoms with Gasteiger partial charge in [-0.25, -0.2) is 0 Å². The molecule has 7 nitrogen and oxygen atoms in total. The number of nitrogens with zero attached hydrogens (tertiary/aromatic N) is 3. The first-order valence-electron chi connectivity index (χ1n) is 9.35. The lowest BCUT2D eigenvalue weighted by molar-refractivity contribution is -0.113. The molecule has 29 heavy (non-hydrogen) atoms. The van der Waals surface area contributed by atoms with Crippen molar-refractivity contribution in [2.45, 2.75) is 38.6 Å². The van der Waals surface area contributed by atoms with E-state index in [1.807, 2.05) is 55.7 Å². The van der Waals surface area contributed by atoms with E-state index in [2.05, 4.69) is 15.5 Å². The summed E-state index contributed by atoms with van der Waals surface area (Å²) in [7, 11) is 0. The normalized spacial score (nSPS) is 11.8. The van der Waals surface area contributed by atoms with Crippen molar-refractivity contribution in [3.8, 4) is 11.5 Å². The summed E-state index contributed by atoms with van der Waals surface area (Å²) >= 11 is 1.29. The third-order valence-corrected chi connectivity index (χ3v) is 5.21. The number of para-hydroxylation sites is 1. The van der Waals surface area contributed by atoms with Gasteiger partial charge in [0.15, 0.2) is 17.1 Å². The van der Waals surface area contributed by atoms with Crippen LogP contribution < -0.4 is 10.1 Å². The molecule has 1 heterocycles. The topological polar surface area (TPSA) is 89.3 Å². The summed E-state index contributed by atoms with van der Waals surface area (Å²) < 4.78 is 7.89. The van der Waals surface area contributed by atoms with Gasteiger partial charge in [-0.1, -0.05) is 36.0 Å². The fourth-order valence-electron chi connectivity index (χ4n) is 2.83. The minimum atomic E-state index is -0.280. The molecule has 0 unspecified atom stereocenters. The molecule has 1 amide bonds. The van der Waals surface area contributed by atoms with Crippen LogP contribution >= 0.6 is 11.8 Å². The summed E-state index contributed by atoms with van der Waals surface area (Å²) in [6.07, 6.45) is -0.280. The maximum atomic E-state index is 12.3. The van der Waals surface area contributed by atoms with Gasteiger partial charge in [0.2, 0.25) is 5.91 Å². The molecule has 2 N–H and O–H groups in total. The first-order chi connectivity index (χ1) is 14.0. The molecule has 3 aromatic rings. The second kappa shape index (κ2) is 9.47. The third-order valence-electron chi connectivity index (χ3n) is 4.24. The molecule has 2 aromatic carbocycles. The maximum Gasteiger partial charge on any atom is 0.234 e. The molecule has 0 bridgehead atoms. The van der Waals surface area contributed by atoms with Gasteiger partial charge in [0.25, 0.3) is 0 Å². The zero-order valence-corrected chi connectivity index (χ0v) is 17.4. The molecule has 0 aliphatic rings. The Morgan fingerprint density at radius 1 is 1.24 bits per heavy atom. The molecule has 0 aliphatic carbocycles. The number of anilines is 1. The van der Waals surface area contributed by atoms with E-state index in [9.17, 15) is 9.90 Å². The van der Waals surface area contributed by atoms with Gasteiger partial charge in [-0.2, -0.15) is 0 Å². The number of hydrogen-bond acceptors (Lipinski definition) is 6. The van der Waals surface area contributed by atoms with Crippen LogP contribution in [0, 0.1) is 6.92 Å². The van der Waals surface area contributed by atoms with Gasteiger partial charge >= 0.3 is 0 Å². The van der Waals surface area contributed by atoms with E-state index >= 15 is 0 Å². The number of aromatic hydroxyl groups is 1. The highest BCUT2D eigenvalue weighted by Gasteiger charge is 2.19. The molecule has 3 rings (SSSR count). The van der Waals surface area contributed by atoms with Crippen LogP contribution in [0.3, 0.4) is 0 Å². The van der Waals surface area contributed by atoms with E-state index in [1.54, 1.807) is 18.2 Å². The smallest absolute Gasteiger partial charge is 0.234 e. The number of carbonyl (C=O) groups excluding carboxylic acids is 1. The average molecular weight is 413 g/mol. The van der Waals surface area contributed by atoms with Crippen molar-refractivity contribution >= 4 is 23.4 Å². The summed E-state index contributed by atoms with van der Waals surface area (Å²) in [6.45, 7) is 6.48. The number of amides is 1. The zero-order valence-electron chi connectivity index (χ0n) is 16.6. The van der Waals surface area contributed by atoms with Crippen molar-refractivity contribution in [2.75, 3.05) is 11.1 Å². The number of phenols is 1. The number of ether oxygens (including phenoxy) is 1. The van der Waals surface area contributed by atoms with E-state index in [0.717, 1.165) is 11.3 Å². The predicted octanol–water partition coefficient (Wildman–Crippen LogP) is 4.18. The number of phenolic OH excluding ortho intramolecular Hbond substituents is 1. The number of nitrogens with one attached hydrogen (secondary N) is 1. The fourth-order valence-corrected chi connectivity index (χ4v) is 3.64. The number of thioether (sulfide) groups is 1. The first-order valence-corrected chi connectivity index (χ1v) is 10.3. The summed E-state index contributed by atoms with van der Waals surface area (Å²) in [6, 6.07) is 14.6. The molecule has 0 saturated heterocycles. The van der Waals surface area contributed by atoms with Crippen LogP contribution in [0.15, 0.2) is 53.7 Å². The van der Waals surface area contributed by atoms with Crippen LogP contribution in [0.5, 0.6) is 11.5 Å². The third kappa shape index (κ3) is 5.29. The average Bonchev–Trinajstić information content (AvgIpc) is 3.13. The number of carbonyl (C=O) groups is 1. The lowest BCUT2D eigenvalue weighted by Gasteiger charge is -2.15. The molecular weight excluding hydrogens is 388 g/mol. The lowest BCUT2D eigenvalue weighted by Crippen LogP contribution is -2.15. The van der Waals surface area contributed by atoms with Gasteiger partial charge in [-0.05, 0) is 50.6 Å². The van der Waals surface area contributed by atoms with E-state index in [4.69, 9.17) is 4.74 Å². The minimum Gasteiger partial charge on any atom is -0.506 e. The van der Waals surface area contributed by atoms with Crippen LogP contribution in [-0.2, 0) is 11.3 Å². The first kappa shape index (κ1) is 20.7. The van der Waals surface area contributed by atoms with E-state index in [-0.39, 0.29) is 23.5 Å². The summed E-state index contributed by atoms with van der Waals surface area (Å²) in [5.41, 5.74) is 1.35. The summed E-state index contributed by atoms with van der Waals surface area (Å²) in [5.74, 6) is 1.43. The largest absolute Gasteiger partial charge is 0.506 e. The Morgan fingerprint density at radius 3 is 2.72 bits per heavy atom. The van der Waals surface area contributed by atoms with Crippen molar-refractivity contribution in [3.05, 3.63) is 59.9 Å². The second-order valence-corrected chi connectivity index (χ2v) is 7.46.